The Morgan fingerprint density at radius 3 is 2.94 bits per heavy atom. The number of fused-ring (bicyclic) bond motifs is 2. The highest BCUT2D eigenvalue weighted by molar-refractivity contribution is 5.75. The Balaban J connectivity index is 0.000000574. The van der Waals surface area contributed by atoms with E-state index in [2.05, 4.69) is 5.59 Å². The van der Waals surface area contributed by atoms with Crippen molar-refractivity contribution >= 4 is 5.97 Å². The molecule has 2 aliphatic heterocycles. The summed E-state index contributed by atoms with van der Waals surface area (Å²) in [6, 6.07) is 0. The Morgan fingerprint density at radius 1 is 1.44 bits per heavy atom. The van der Waals surface area contributed by atoms with Crippen LogP contribution in [0.4, 0.5) is 0 Å². The summed E-state index contributed by atoms with van der Waals surface area (Å²) >= 11 is 0. The summed E-state index contributed by atoms with van der Waals surface area (Å²) in [6.07, 6.45) is 2.32. The molecule has 3 rings (SSSR count). The molecule has 1 saturated heterocycles. The molecule has 1 N–H and O–H groups in total. The maximum Gasteiger partial charge on any atom is 0.307 e. The Kier molecular flexibility index (Phi) is 3.77. The monoisotopic (exact) mass is 255 g/mol. The quantitative estimate of drug-likeness (QED) is 0.457. The van der Waals surface area contributed by atoms with Crippen LogP contribution >= 0.6 is 0 Å². The summed E-state index contributed by atoms with van der Waals surface area (Å²) in [6.45, 7) is 2.01. The summed E-state index contributed by atoms with van der Waals surface area (Å²) in [5, 5.41) is 0. The van der Waals surface area contributed by atoms with Crippen molar-refractivity contribution in [1.82, 2.24) is 0 Å². The molecule has 2 atom stereocenters. The molecule has 0 radical (unpaired) electrons. The van der Waals surface area contributed by atoms with E-state index < -0.39 is 0 Å². The molecule has 0 amide bonds. The van der Waals surface area contributed by atoms with Crippen LogP contribution < -0.4 is 0 Å². The summed E-state index contributed by atoms with van der Waals surface area (Å²) in [5.41, 5.74) is 7.00. The van der Waals surface area contributed by atoms with E-state index in [1.807, 2.05) is 0 Å². The second kappa shape index (κ2) is 5.16. The Morgan fingerprint density at radius 2 is 2.22 bits per heavy atom. The fourth-order valence-corrected chi connectivity index (χ4v) is 3.27. The second-order valence-electron chi connectivity index (χ2n) is 4.95. The minimum atomic E-state index is -0.135. The van der Waals surface area contributed by atoms with Gasteiger partial charge in [0.2, 0.25) is 0 Å². The SMILES string of the molecule is COC[C@@]12CC(=O)OC1C1=C(CCOC1)C2.N=O. The zero-order chi connectivity index (χ0) is 13.2. The highest BCUT2D eigenvalue weighted by Crippen LogP contribution is 2.52. The average Bonchev–Trinajstić information content (AvgIpc) is 2.83. The van der Waals surface area contributed by atoms with Crippen LogP contribution in [0.15, 0.2) is 11.1 Å². The number of carbonyl (C=O) groups excluding carboxylic acids is 1. The summed E-state index contributed by atoms with van der Waals surface area (Å²) in [7, 11) is 1.68. The Hall–Kier alpha value is -1.27. The Labute approximate surface area is 105 Å². The van der Waals surface area contributed by atoms with Crippen LogP contribution in [0, 0.1) is 15.9 Å². The first-order valence-electron chi connectivity index (χ1n) is 5.92. The molecule has 6 heteroatoms. The highest BCUT2D eigenvalue weighted by atomic mass is 16.6. The second-order valence-corrected chi connectivity index (χ2v) is 4.95. The van der Waals surface area contributed by atoms with E-state index >= 15 is 0 Å². The van der Waals surface area contributed by atoms with Crippen LogP contribution in [0.5, 0.6) is 0 Å². The van der Waals surface area contributed by atoms with Crippen molar-refractivity contribution in [1.29, 1.82) is 5.59 Å². The van der Waals surface area contributed by atoms with E-state index in [4.69, 9.17) is 19.1 Å². The smallest absolute Gasteiger partial charge is 0.307 e. The molecule has 0 aromatic carbocycles. The van der Waals surface area contributed by atoms with Crippen molar-refractivity contribution in [2.24, 2.45) is 5.41 Å². The number of rotatable bonds is 2. The molecule has 0 saturated carbocycles. The molecule has 0 aromatic heterocycles. The number of nitroso groups, excluding NO2 is 1. The number of esters is 1. The molecule has 0 spiro atoms. The molecule has 6 nitrogen and oxygen atoms in total. The van der Waals surface area contributed by atoms with Gasteiger partial charge in [-0.3, -0.25) is 4.79 Å². The number of hydrogen-bond donors (Lipinski definition) is 1. The third kappa shape index (κ3) is 1.95. The number of ether oxygens (including phenoxy) is 3. The molecule has 1 unspecified atom stereocenters. The maximum atomic E-state index is 11.5. The van der Waals surface area contributed by atoms with Gasteiger partial charge in [-0.25, -0.2) is 0 Å². The minimum absolute atomic E-state index is 0.0877. The zero-order valence-electron chi connectivity index (χ0n) is 10.4. The van der Waals surface area contributed by atoms with Gasteiger partial charge in [0, 0.05) is 12.5 Å². The van der Waals surface area contributed by atoms with Gasteiger partial charge in [0.05, 0.1) is 26.2 Å². The lowest BCUT2D eigenvalue weighted by Gasteiger charge is -2.26. The van der Waals surface area contributed by atoms with Crippen molar-refractivity contribution in [3.8, 4) is 0 Å². The van der Waals surface area contributed by atoms with Crippen LogP contribution in [0.25, 0.3) is 0 Å². The normalized spacial score (nSPS) is 33.4. The van der Waals surface area contributed by atoms with Gasteiger partial charge in [-0.15, -0.1) is 0 Å². The van der Waals surface area contributed by atoms with Gasteiger partial charge >= 0.3 is 5.97 Å². The number of methoxy groups -OCH3 is 1. The maximum absolute atomic E-state index is 11.5. The molecule has 2 heterocycles. The van der Waals surface area contributed by atoms with Crippen molar-refractivity contribution in [2.45, 2.75) is 25.4 Å². The predicted molar refractivity (Wildman–Crippen MR) is 62.0 cm³/mol. The van der Waals surface area contributed by atoms with Gasteiger partial charge < -0.3 is 14.2 Å². The van der Waals surface area contributed by atoms with E-state index in [1.54, 1.807) is 7.11 Å². The largest absolute Gasteiger partial charge is 0.457 e. The summed E-state index contributed by atoms with van der Waals surface area (Å²) < 4.78 is 16.2. The Bertz CT molecular complexity index is 381. The first-order valence-corrected chi connectivity index (χ1v) is 5.92. The predicted octanol–water partition coefficient (Wildman–Crippen LogP) is 1.39. The molecule has 18 heavy (non-hydrogen) atoms. The van der Waals surface area contributed by atoms with Crippen LogP contribution in [0.1, 0.15) is 19.3 Å². The fourth-order valence-electron chi connectivity index (χ4n) is 3.27. The van der Waals surface area contributed by atoms with Gasteiger partial charge in [-0.05, 0) is 18.4 Å². The molecule has 3 aliphatic rings. The number of nitrogens with one attached hydrogen (secondary N) is 1. The van der Waals surface area contributed by atoms with Crippen LogP contribution in [0.2, 0.25) is 0 Å². The zero-order valence-corrected chi connectivity index (χ0v) is 10.4. The molecular weight excluding hydrogens is 238 g/mol. The summed E-state index contributed by atoms with van der Waals surface area (Å²) in [5.74, 6) is -0.0980. The number of carbonyl (C=O) groups is 1. The van der Waals surface area contributed by atoms with Gasteiger partial charge in [-0.2, -0.15) is 4.91 Å². The average molecular weight is 255 g/mol. The lowest BCUT2D eigenvalue weighted by molar-refractivity contribution is -0.140. The van der Waals surface area contributed by atoms with Crippen molar-refractivity contribution < 1.29 is 19.0 Å². The van der Waals surface area contributed by atoms with E-state index in [0.717, 1.165) is 19.4 Å². The van der Waals surface area contributed by atoms with Gasteiger partial charge in [0.15, 0.2) is 0 Å². The van der Waals surface area contributed by atoms with Crippen LogP contribution in [-0.2, 0) is 19.0 Å². The van der Waals surface area contributed by atoms with E-state index in [0.29, 0.717) is 19.6 Å². The third-order valence-corrected chi connectivity index (χ3v) is 3.88. The fraction of sp³-hybridized carbons (Fsp3) is 0.750. The molecule has 100 valence electrons. The van der Waals surface area contributed by atoms with E-state index in [-0.39, 0.29) is 17.5 Å². The van der Waals surface area contributed by atoms with Crippen LogP contribution in [-0.4, -0.2) is 39.0 Å². The molecule has 0 aromatic rings. The highest BCUT2D eigenvalue weighted by Gasteiger charge is 2.56. The molecule has 1 aliphatic carbocycles. The first kappa shape index (κ1) is 13.2. The lowest BCUT2D eigenvalue weighted by atomic mass is 9.81. The lowest BCUT2D eigenvalue weighted by Crippen LogP contribution is -2.33. The minimum Gasteiger partial charge on any atom is -0.457 e. The molecule has 1 fully saturated rings. The molecule has 0 bridgehead atoms. The molecular formula is C12H17NO5. The van der Waals surface area contributed by atoms with E-state index in [1.165, 1.54) is 11.1 Å². The van der Waals surface area contributed by atoms with Gasteiger partial charge in [0.25, 0.3) is 0 Å². The first-order chi connectivity index (χ1) is 8.75. The van der Waals surface area contributed by atoms with Crippen molar-refractivity contribution in [2.75, 3.05) is 26.9 Å². The van der Waals surface area contributed by atoms with Gasteiger partial charge in [0.1, 0.15) is 6.10 Å². The van der Waals surface area contributed by atoms with Crippen LogP contribution in [0.3, 0.4) is 0 Å². The standard InChI is InChI=1S/C12H16O4.HNO/c1-14-7-12-4-8-2-3-15-6-9(8)11(12)16-10(13)5-12;1-2/h11H,2-7H2,1H3;1H/t11?,12-;/m1./s1. The van der Waals surface area contributed by atoms with E-state index in [9.17, 15) is 4.79 Å². The van der Waals surface area contributed by atoms with Crippen molar-refractivity contribution in [3.63, 3.8) is 0 Å². The van der Waals surface area contributed by atoms with Crippen molar-refractivity contribution in [3.05, 3.63) is 16.1 Å². The third-order valence-electron chi connectivity index (χ3n) is 3.88. The topological polar surface area (TPSA) is 85.7 Å². The van der Waals surface area contributed by atoms with Gasteiger partial charge in [-0.1, -0.05) is 11.2 Å². The number of hydrogen-bond acceptors (Lipinski definition) is 6. The summed E-state index contributed by atoms with van der Waals surface area (Å²) in [4.78, 5) is 19.0.